The molecule has 182 valence electrons. The van der Waals surface area contributed by atoms with Crippen LogP contribution >= 0.6 is 11.8 Å². The Bertz CT molecular complexity index is 1250. The number of carboxylic acids is 1. The molecule has 8 heteroatoms. The quantitative estimate of drug-likeness (QED) is 0.461. The van der Waals surface area contributed by atoms with E-state index in [1.165, 1.54) is 25.2 Å². The number of hydrogen-bond acceptors (Lipinski definition) is 5. The first kappa shape index (κ1) is 24.6. The van der Waals surface area contributed by atoms with E-state index in [4.69, 9.17) is 9.47 Å². The number of benzene rings is 3. The van der Waals surface area contributed by atoms with E-state index in [1.807, 2.05) is 31.2 Å². The van der Waals surface area contributed by atoms with E-state index in [0.717, 1.165) is 17.3 Å². The van der Waals surface area contributed by atoms with Crippen molar-refractivity contribution in [3.05, 3.63) is 89.2 Å². The Balaban J connectivity index is 1.83. The number of hydrogen-bond donors (Lipinski definition) is 1. The van der Waals surface area contributed by atoms with E-state index in [1.54, 1.807) is 36.4 Å². The van der Waals surface area contributed by atoms with E-state index < -0.39 is 22.6 Å². The smallest absolute Gasteiger partial charge is 0.323 e. The maximum atomic E-state index is 15.1. The van der Waals surface area contributed by atoms with Crippen LogP contribution in [0, 0.1) is 12.7 Å². The van der Waals surface area contributed by atoms with Gasteiger partial charge in [-0.05, 0) is 37.3 Å². The molecule has 1 fully saturated rings. The van der Waals surface area contributed by atoms with Gasteiger partial charge in [0.15, 0.2) is 4.75 Å². The molecule has 1 saturated heterocycles. The second-order valence-corrected chi connectivity index (χ2v) is 9.81. The number of likely N-dealkylation sites (tertiary alicyclic amines) is 1. The molecule has 0 radical (unpaired) electrons. The molecule has 0 aromatic heterocycles. The lowest BCUT2D eigenvalue weighted by Gasteiger charge is -2.35. The van der Waals surface area contributed by atoms with E-state index in [0.29, 0.717) is 22.0 Å². The molecule has 6 nitrogen and oxygen atoms in total. The van der Waals surface area contributed by atoms with Crippen LogP contribution in [-0.4, -0.2) is 40.8 Å². The van der Waals surface area contributed by atoms with Gasteiger partial charge in [0, 0.05) is 28.6 Å². The van der Waals surface area contributed by atoms with Gasteiger partial charge in [0.25, 0.3) is 0 Å². The number of halogens is 1. The zero-order valence-corrected chi connectivity index (χ0v) is 20.5. The van der Waals surface area contributed by atoms with Gasteiger partial charge in [0.1, 0.15) is 17.3 Å². The minimum absolute atomic E-state index is 0.0501. The van der Waals surface area contributed by atoms with E-state index in [2.05, 4.69) is 0 Å². The van der Waals surface area contributed by atoms with Gasteiger partial charge in [-0.15, -0.1) is 11.8 Å². The normalized spacial score (nSPS) is 19.6. The zero-order chi connectivity index (χ0) is 25.2. The van der Waals surface area contributed by atoms with Crippen molar-refractivity contribution in [1.29, 1.82) is 0 Å². The van der Waals surface area contributed by atoms with Gasteiger partial charge in [0.2, 0.25) is 5.91 Å². The fourth-order valence-electron chi connectivity index (χ4n) is 4.42. The van der Waals surface area contributed by atoms with Crippen molar-refractivity contribution in [3.63, 3.8) is 0 Å². The Labute approximate surface area is 207 Å². The summed E-state index contributed by atoms with van der Waals surface area (Å²) in [4.78, 5) is 28.4. The summed E-state index contributed by atoms with van der Waals surface area (Å²) in [5.74, 6) is -1.04. The number of aliphatic carboxylic acids is 1. The number of aryl methyl sites for hydroxylation is 1. The lowest BCUT2D eigenvalue weighted by Crippen LogP contribution is -2.42. The van der Waals surface area contributed by atoms with Crippen LogP contribution in [0.1, 0.15) is 29.2 Å². The summed E-state index contributed by atoms with van der Waals surface area (Å²) < 4.78 is 24.3. The highest BCUT2D eigenvalue weighted by Gasteiger charge is 2.59. The SMILES string of the molecule is COc1ccc(CN2C(=O)C[C@](Sc3ccc(C)cc3)(C(=O)O)C2c2ccccc2F)c(OC)c1. The van der Waals surface area contributed by atoms with Gasteiger partial charge in [0.05, 0.1) is 26.7 Å². The summed E-state index contributed by atoms with van der Waals surface area (Å²) in [7, 11) is 3.05. The Morgan fingerprint density at radius 3 is 2.46 bits per heavy atom. The van der Waals surface area contributed by atoms with Crippen LogP contribution in [0.2, 0.25) is 0 Å². The van der Waals surface area contributed by atoms with Gasteiger partial charge in [-0.2, -0.15) is 0 Å². The average Bonchev–Trinajstić information content (AvgIpc) is 3.12. The zero-order valence-electron chi connectivity index (χ0n) is 19.7. The molecule has 35 heavy (non-hydrogen) atoms. The van der Waals surface area contributed by atoms with E-state index in [9.17, 15) is 14.7 Å². The number of methoxy groups -OCH3 is 2. The number of carbonyl (C=O) groups is 2. The molecule has 0 aliphatic carbocycles. The molecule has 1 aliphatic rings. The number of ether oxygens (including phenoxy) is 2. The highest BCUT2D eigenvalue weighted by atomic mass is 32.2. The van der Waals surface area contributed by atoms with Crippen molar-refractivity contribution >= 4 is 23.6 Å². The minimum Gasteiger partial charge on any atom is -0.497 e. The fraction of sp³-hybridized carbons (Fsp3) is 0.259. The van der Waals surface area contributed by atoms with Crippen molar-refractivity contribution in [1.82, 2.24) is 4.90 Å². The number of amides is 1. The molecule has 3 aromatic rings. The summed E-state index contributed by atoms with van der Waals surface area (Å²) in [5, 5.41) is 10.5. The highest BCUT2D eigenvalue weighted by Crippen LogP contribution is 2.53. The lowest BCUT2D eigenvalue weighted by molar-refractivity contribution is -0.140. The maximum absolute atomic E-state index is 15.1. The van der Waals surface area contributed by atoms with Crippen LogP contribution in [0.3, 0.4) is 0 Å². The van der Waals surface area contributed by atoms with Crippen LogP contribution in [0.15, 0.2) is 71.6 Å². The first-order chi connectivity index (χ1) is 16.8. The number of carbonyl (C=O) groups excluding carboxylic acids is 1. The predicted octanol–water partition coefficient (Wildman–Crippen LogP) is 5.24. The molecule has 1 amide bonds. The first-order valence-corrected chi connectivity index (χ1v) is 11.8. The summed E-state index contributed by atoms with van der Waals surface area (Å²) in [6.45, 7) is 1.99. The highest BCUT2D eigenvalue weighted by molar-refractivity contribution is 8.01. The monoisotopic (exact) mass is 495 g/mol. The fourth-order valence-corrected chi connectivity index (χ4v) is 5.77. The van der Waals surface area contributed by atoms with Crippen LogP contribution in [0.25, 0.3) is 0 Å². The number of thioether (sulfide) groups is 1. The van der Waals surface area contributed by atoms with Gasteiger partial charge in [-0.25, -0.2) is 4.39 Å². The Kier molecular flexibility index (Phi) is 7.03. The third-order valence-corrected chi connectivity index (χ3v) is 7.62. The third kappa shape index (κ3) is 4.71. The number of rotatable bonds is 8. The minimum atomic E-state index is -1.63. The topological polar surface area (TPSA) is 76.1 Å². The van der Waals surface area contributed by atoms with Gasteiger partial charge in [-0.1, -0.05) is 35.9 Å². The molecule has 0 saturated carbocycles. The maximum Gasteiger partial charge on any atom is 0.323 e. The molecule has 1 unspecified atom stereocenters. The van der Waals surface area contributed by atoms with Crippen LogP contribution in [0.5, 0.6) is 11.5 Å². The third-order valence-electron chi connectivity index (χ3n) is 6.21. The Morgan fingerprint density at radius 1 is 1.11 bits per heavy atom. The largest absolute Gasteiger partial charge is 0.497 e. The van der Waals surface area contributed by atoms with Crippen molar-refractivity contribution in [2.45, 2.75) is 35.6 Å². The summed E-state index contributed by atoms with van der Waals surface area (Å²) in [6, 6.07) is 17.6. The molecular formula is C27H26FNO5S. The number of nitrogens with zero attached hydrogens (tertiary/aromatic N) is 1. The Hall–Kier alpha value is -3.52. The van der Waals surface area contributed by atoms with Crippen LogP contribution in [0.4, 0.5) is 4.39 Å². The van der Waals surface area contributed by atoms with Crippen LogP contribution in [-0.2, 0) is 16.1 Å². The van der Waals surface area contributed by atoms with Crippen molar-refractivity contribution in [3.8, 4) is 11.5 Å². The standard InChI is InChI=1S/C27H26FNO5S/c1-17-8-12-20(13-9-17)35-27(26(31)32)15-24(30)29(25(27)21-6-4-5-7-22(21)28)16-18-10-11-19(33-2)14-23(18)34-3/h4-14,25H,15-16H2,1-3H3,(H,31,32)/t25?,27-/m1/s1. The van der Waals surface area contributed by atoms with Crippen molar-refractivity contribution in [2.24, 2.45) is 0 Å². The molecule has 1 aliphatic heterocycles. The van der Waals surface area contributed by atoms with Crippen molar-refractivity contribution < 1.29 is 28.6 Å². The second kappa shape index (κ2) is 10.00. The summed E-state index contributed by atoms with van der Waals surface area (Å²) >= 11 is 1.08. The average molecular weight is 496 g/mol. The molecule has 4 rings (SSSR count). The van der Waals surface area contributed by atoms with Crippen LogP contribution < -0.4 is 9.47 Å². The summed E-state index contributed by atoms with van der Waals surface area (Å²) in [6.07, 6.45) is -0.279. The molecule has 3 aromatic carbocycles. The van der Waals surface area contributed by atoms with Crippen molar-refractivity contribution in [2.75, 3.05) is 14.2 Å². The number of carboxylic acid groups (broad SMARTS) is 1. The molecular weight excluding hydrogens is 469 g/mol. The lowest BCUT2D eigenvalue weighted by atomic mass is 9.92. The Morgan fingerprint density at radius 2 is 1.83 bits per heavy atom. The molecule has 0 spiro atoms. The first-order valence-electron chi connectivity index (χ1n) is 11.0. The van der Waals surface area contributed by atoms with E-state index in [-0.39, 0.29) is 24.4 Å². The molecule has 1 N–H and O–H groups in total. The molecule has 0 bridgehead atoms. The molecule has 1 heterocycles. The molecule has 2 atom stereocenters. The van der Waals surface area contributed by atoms with Gasteiger partial charge in [-0.3, -0.25) is 9.59 Å². The second-order valence-electron chi connectivity index (χ2n) is 8.41. The predicted molar refractivity (Wildman–Crippen MR) is 131 cm³/mol. The van der Waals surface area contributed by atoms with Gasteiger partial charge < -0.3 is 19.5 Å². The summed E-state index contributed by atoms with van der Waals surface area (Å²) in [5.41, 5.74) is 1.84. The van der Waals surface area contributed by atoms with E-state index >= 15 is 4.39 Å². The van der Waals surface area contributed by atoms with Gasteiger partial charge >= 0.3 is 5.97 Å².